The van der Waals surface area contributed by atoms with Crippen molar-refractivity contribution in [3.8, 4) is 0 Å². The molecule has 2 aromatic carbocycles. The number of rotatable bonds is 5. The van der Waals surface area contributed by atoms with Gasteiger partial charge in [0.2, 0.25) is 5.91 Å². The van der Waals surface area contributed by atoms with E-state index in [9.17, 15) is 9.59 Å². The Morgan fingerprint density at radius 3 is 2.46 bits per heavy atom. The summed E-state index contributed by atoms with van der Waals surface area (Å²) < 4.78 is 5.15. The first-order valence-electron chi connectivity index (χ1n) is 7.81. The van der Waals surface area contributed by atoms with E-state index in [1.165, 1.54) is 11.6 Å². The third kappa shape index (κ3) is 5.39. The lowest BCUT2D eigenvalue weighted by atomic mass is 10.1. The van der Waals surface area contributed by atoms with Gasteiger partial charge >= 0.3 is 5.97 Å². The Morgan fingerprint density at radius 2 is 1.79 bits per heavy atom. The van der Waals surface area contributed by atoms with Crippen molar-refractivity contribution < 1.29 is 14.3 Å². The molecule has 0 saturated heterocycles. The fraction of sp³-hybridized carbons (Fsp3) is 0.200. The summed E-state index contributed by atoms with van der Waals surface area (Å²) in [5, 5.41) is 2.74. The van der Waals surface area contributed by atoms with Crippen molar-refractivity contribution in [1.29, 1.82) is 0 Å². The van der Waals surface area contributed by atoms with Crippen molar-refractivity contribution in [3.63, 3.8) is 0 Å². The minimum Gasteiger partial charge on any atom is -0.459 e. The maximum absolute atomic E-state index is 12.0. The Kier molecular flexibility index (Phi) is 5.90. The molecule has 0 fully saturated rings. The first-order valence-corrected chi connectivity index (χ1v) is 7.81. The second-order valence-electron chi connectivity index (χ2n) is 5.77. The van der Waals surface area contributed by atoms with E-state index in [-0.39, 0.29) is 12.0 Å². The summed E-state index contributed by atoms with van der Waals surface area (Å²) in [6.45, 7) is 5.59. The first kappa shape index (κ1) is 17.5. The summed E-state index contributed by atoms with van der Waals surface area (Å²) in [5.41, 5.74) is 3.07. The molecule has 0 spiro atoms. The predicted molar refractivity (Wildman–Crippen MR) is 95.8 cm³/mol. The Hall–Kier alpha value is -2.88. The number of benzene rings is 2. The number of hydrogen-bond donors (Lipinski definition) is 1. The fourth-order valence-electron chi connectivity index (χ4n) is 2.04. The van der Waals surface area contributed by atoms with E-state index in [0.717, 1.165) is 5.56 Å². The average Bonchev–Trinajstić information content (AvgIpc) is 2.54. The van der Waals surface area contributed by atoms with Crippen molar-refractivity contribution in [1.82, 2.24) is 0 Å². The van der Waals surface area contributed by atoms with Gasteiger partial charge in [0.15, 0.2) is 0 Å². The van der Waals surface area contributed by atoms with E-state index < -0.39 is 5.97 Å². The molecule has 0 radical (unpaired) electrons. The molecule has 4 heteroatoms. The molecule has 0 aliphatic carbocycles. The molecule has 0 aliphatic heterocycles. The Labute approximate surface area is 142 Å². The van der Waals surface area contributed by atoms with Crippen LogP contribution in [0.5, 0.6) is 0 Å². The third-order valence-corrected chi connectivity index (χ3v) is 3.21. The van der Waals surface area contributed by atoms with Crippen LogP contribution in [-0.4, -0.2) is 18.0 Å². The Bertz CT molecular complexity index is 746. The zero-order valence-corrected chi connectivity index (χ0v) is 14.1. The van der Waals surface area contributed by atoms with E-state index in [0.29, 0.717) is 11.3 Å². The highest BCUT2D eigenvalue weighted by molar-refractivity contribution is 6.02. The molecule has 0 aliphatic rings. The number of amides is 1. The molecule has 0 aromatic heterocycles. The SMILES string of the molecule is Cc1ccc(/C=C/C(=O)Nc2cccc(C(=O)OC(C)C)c2)cc1. The van der Waals surface area contributed by atoms with Gasteiger partial charge in [-0.05, 0) is 50.6 Å². The highest BCUT2D eigenvalue weighted by atomic mass is 16.5. The van der Waals surface area contributed by atoms with Crippen LogP contribution in [0.15, 0.2) is 54.6 Å². The van der Waals surface area contributed by atoms with Gasteiger partial charge in [0.25, 0.3) is 0 Å². The maximum atomic E-state index is 12.0. The number of esters is 1. The summed E-state index contributed by atoms with van der Waals surface area (Å²) >= 11 is 0. The van der Waals surface area contributed by atoms with Gasteiger partial charge in [-0.3, -0.25) is 4.79 Å². The van der Waals surface area contributed by atoms with Gasteiger partial charge in [0, 0.05) is 11.8 Å². The molecule has 24 heavy (non-hydrogen) atoms. The zero-order valence-electron chi connectivity index (χ0n) is 14.1. The van der Waals surface area contributed by atoms with Gasteiger partial charge in [0.05, 0.1) is 11.7 Å². The van der Waals surface area contributed by atoms with Crippen LogP contribution < -0.4 is 5.32 Å². The lowest BCUT2D eigenvalue weighted by Crippen LogP contribution is -2.13. The van der Waals surface area contributed by atoms with Gasteiger partial charge in [-0.2, -0.15) is 0 Å². The molecule has 0 saturated carbocycles. The van der Waals surface area contributed by atoms with Gasteiger partial charge < -0.3 is 10.1 Å². The van der Waals surface area contributed by atoms with Crippen LogP contribution in [-0.2, 0) is 9.53 Å². The van der Waals surface area contributed by atoms with Crippen LogP contribution >= 0.6 is 0 Å². The van der Waals surface area contributed by atoms with Gasteiger partial charge in [-0.15, -0.1) is 0 Å². The molecular weight excluding hydrogens is 302 g/mol. The molecular formula is C20H21NO3. The summed E-state index contributed by atoms with van der Waals surface area (Å²) in [6, 6.07) is 14.6. The molecule has 1 N–H and O–H groups in total. The zero-order chi connectivity index (χ0) is 17.5. The molecule has 0 atom stereocenters. The van der Waals surface area contributed by atoms with Crippen LogP contribution in [0.1, 0.15) is 35.3 Å². The van der Waals surface area contributed by atoms with Crippen molar-refractivity contribution in [2.75, 3.05) is 5.32 Å². The third-order valence-electron chi connectivity index (χ3n) is 3.21. The number of carbonyl (C=O) groups excluding carboxylic acids is 2. The minimum atomic E-state index is -0.406. The van der Waals surface area contributed by atoms with E-state index in [1.54, 1.807) is 44.2 Å². The number of hydrogen-bond acceptors (Lipinski definition) is 3. The monoisotopic (exact) mass is 323 g/mol. The number of nitrogens with one attached hydrogen (secondary N) is 1. The topological polar surface area (TPSA) is 55.4 Å². The normalized spacial score (nSPS) is 10.8. The molecule has 4 nitrogen and oxygen atoms in total. The Morgan fingerprint density at radius 1 is 1.08 bits per heavy atom. The van der Waals surface area contributed by atoms with Crippen molar-refractivity contribution >= 4 is 23.6 Å². The maximum Gasteiger partial charge on any atom is 0.338 e. The van der Waals surface area contributed by atoms with Gasteiger partial charge in [-0.1, -0.05) is 35.9 Å². The van der Waals surface area contributed by atoms with E-state index in [2.05, 4.69) is 5.32 Å². The molecule has 2 aromatic rings. The standard InChI is InChI=1S/C20H21NO3/c1-14(2)24-20(23)17-5-4-6-18(13-17)21-19(22)12-11-16-9-7-15(3)8-10-16/h4-14H,1-3H3,(H,21,22)/b12-11+. The van der Waals surface area contributed by atoms with E-state index in [4.69, 9.17) is 4.74 Å². The molecule has 0 unspecified atom stereocenters. The van der Waals surface area contributed by atoms with Crippen LogP contribution in [0.4, 0.5) is 5.69 Å². The van der Waals surface area contributed by atoms with Gasteiger partial charge in [0.1, 0.15) is 0 Å². The van der Waals surface area contributed by atoms with Gasteiger partial charge in [-0.25, -0.2) is 4.79 Å². The van der Waals surface area contributed by atoms with Crippen molar-refractivity contribution in [2.45, 2.75) is 26.9 Å². The van der Waals surface area contributed by atoms with Crippen molar-refractivity contribution in [2.24, 2.45) is 0 Å². The van der Waals surface area contributed by atoms with Crippen LogP contribution in [0.3, 0.4) is 0 Å². The summed E-state index contributed by atoms with van der Waals surface area (Å²) in [6.07, 6.45) is 3.02. The highest BCUT2D eigenvalue weighted by Crippen LogP contribution is 2.13. The molecule has 1 amide bonds. The quantitative estimate of drug-likeness (QED) is 0.662. The van der Waals surface area contributed by atoms with E-state index >= 15 is 0 Å². The summed E-state index contributed by atoms with van der Waals surface area (Å²) in [4.78, 5) is 23.9. The second-order valence-corrected chi connectivity index (χ2v) is 5.77. The number of carbonyl (C=O) groups is 2. The number of aryl methyl sites for hydroxylation is 1. The van der Waals surface area contributed by atoms with Crippen LogP contribution in [0, 0.1) is 6.92 Å². The van der Waals surface area contributed by atoms with Crippen LogP contribution in [0.25, 0.3) is 6.08 Å². The largest absolute Gasteiger partial charge is 0.459 e. The highest BCUT2D eigenvalue weighted by Gasteiger charge is 2.10. The first-order chi connectivity index (χ1) is 11.4. The molecule has 2 rings (SSSR count). The molecule has 0 heterocycles. The lowest BCUT2D eigenvalue weighted by molar-refractivity contribution is -0.111. The fourth-order valence-corrected chi connectivity index (χ4v) is 2.04. The van der Waals surface area contributed by atoms with Crippen molar-refractivity contribution in [3.05, 3.63) is 71.3 Å². The number of anilines is 1. The second kappa shape index (κ2) is 8.11. The number of ether oxygens (including phenoxy) is 1. The van der Waals surface area contributed by atoms with Crippen LogP contribution in [0.2, 0.25) is 0 Å². The smallest absolute Gasteiger partial charge is 0.338 e. The average molecular weight is 323 g/mol. The summed E-state index contributed by atoms with van der Waals surface area (Å²) in [7, 11) is 0. The predicted octanol–water partition coefficient (Wildman–Crippen LogP) is 4.21. The molecule has 124 valence electrons. The lowest BCUT2D eigenvalue weighted by Gasteiger charge is -2.09. The van der Waals surface area contributed by atoms with E-state index in [1.807, 2.05) is 31.2 Å². The Balaban J connectivity index is 2.01. The summed E-state index contributed by atoms with van der Waals surface area (Å²) in [5.74, 6) is -0.666. The molecule has 0 bridgehead atoms. The minimum absolute atomic E-state index is 0.187.